The molecule has 12 nitrogen and oxygen atoms in total. The number of benzene rings is 4. The number of amides is 1. The maximum atomic E-state index is 13.6. The second-order valence-electron chi connectivity index (χ2n) is 11.4. The van der Waals surface area contributed by atoms with E-state index in [1.165, 1.54) is 78.9 Å². The number of alkyl halides is 6. The van der Waals surface area contributed by atoms with Crippen molar-refractivity contribution in [2.75, 3.05) is 11.1 Å². The maximum Gasteiger partial charge on any atom is 0.488 e. The Morgan fingerprint density at radius 1 is 0.649 bits per heavy atom. The summed E-state index contributed by atoms with van der Waals surface area (Å²) in [7, 11) is -3.21. The summed E-state index contributed by atoms with van der Waals surface area (Å²) < 4.78 is 81.1. The van der Waals surface area contributed by atoms with Crippen LogP contribution in [0.4, 0.5) is 37.7 Å². The van der Waals surface area contributed by atoms with Crippen LogP contribution < -0.4 is 22.0 Å². The van der Waals surface area contributed by atoms with E-state index < -0.39 is 60.3 Å². The standard InChI is InChI=1S/C17H12BClF3N3O3.C11H5Cl2F3N2O.C6H8BNO2/c19-11-4-6-13(7-5-11)25-15(17(20,21)22)14(9-23-25)16(26)24-12-3-1-2-10(8-12)18(27)28;12-6-1-3-7(4-2-6)18-9(11(14,15)16)8(5-17-18)10(13)19;8-6-3-1-2-5(4-6)7(9)10/h1-9,27-28H,(H,24,26);1-5H;1-4,9-10H,8H2. The third kappa shape index (κ3) is 11.8. The van der Waals surface area contributed by atoms with Crippen LogP contribution in [0.25, 0.3) is 11.4 Å². The smallest absolute Gasteiger partial charge is 0.423 e. The minimum absolute atomic E-state index is 0.0747. The van der Waals surface area contributed by atoms with Crippen LogP contribution in [0.15, 0.2) is 109 Å². The number of halogens is 9. The zero-order chi connectivity index (χ0) is 42.2. The molecule has 0 saturated carbocycles. The summed E-state index contributed by atoms with van der Waals surface area (Å²) in [6, 6.07) is 23.0. The third-order valence-electron chi connectivity index (χ3n) is 7.33. The first-order valence-corrected chi connectivity index (χ1v) is 16.8. The van der Waals surface area contributed by atoms with Crippen LogP contribution in [0.1, 0.15) is 32.1 Å². The number of rotatable bonds is 7. The van der Waals surface area contributed by atoms with E-state index in [1.807, 2.05) is 0 Å². The van der Waals surface area contributed by atoms with Gasteiger partial charge < -0.3 is 31.1 Å². The Hall–Kier alpha value is -5.34. The van der Waals surface area contributed by atoms with Gasteiger partial charge in [0.1, 0.15) is 0 Å². The van der Waals surface area contributed by atoms with Crippen LogP contribution in [-0.2, 0) is 12.4 Å². The molecule has 23 heteroatoms. The Morgan fingerprint density at radius 3 is 1.47 bits per heavy atom. The van der Waals surface area contributed by atoms with Crippen molar-refractivity contribution in [1.82, 2.24) is 19.6 Å². The van der Waals surface area contributed by atoms with Crippen LogP contribution in [0.5, 0.6) is 0 Å². The molecule has 0 fully saturated rings. The van der Waals surface area contributed by atoms with E-state index in [9.17, 15) is 46.0 Å². The van der Waals surface area contributed by atoms with Crippen LogP contribution in [-0.4, -0.2) is 65.0 Å². The fourth-order valence-electron chi connectivity index (χ4n) is 4.80. The van der Waals surface area contributed by atoms with Crippen molar-refractivity contribution >= 4 is 82.5 Å². The molecule has 0 aliphatic carbocycles. The lowest BCUT2D eigenvalue weighted by Crippen LogP contribution is -2.30. The van der Waals surface area contributed by atoms with Crippen LogP contribution in [0, 0.1) is 0 Å². The van der Waals surface area contributed by atoms with Crippen molar-refractivity contribution in [3.8, 4) is 11.4 Å². The number of carbonyl (C=O) groups is 2. The number of nitrogens with zero attached hydrogens (tertiary/aromatic N) is 4. The molecule has 2 heterocycles. The zero-order valence-corrected chi connectivity index (χ0v) is 30.7. The van der Waals surface area contributed by atoms with Gasteiger partial charge in [0.05, 0.1) is 34.9 Å². The van der Waals surface area contributed by atoms with Crippen LogP contribution in [0.3, 0.4) is 0 Å². The molecular weight excluding hydrogens is 830 g/mol. The summed E-state index contributed by atoms with van der Waals surface area (Å²) in [6.45, 7) is 0. The highest BCUT2D eigenvalue weighted by atomic mass is 35.5. The molecule has 0 aliphatic heterocycles. The molecule has 57 heavy (non-hydrogen) atoms. The molecule has 0 radical (unpaired) electrons. The molecular formula is C34H25B2Cl3F6N6O6. The highest BCUT2D eigenvalue weighted by Gasteiger charge is 2.41. The SMILES string of the molecule is Nc1cccc(B(O)O)c1.O=C(Cl)c1cnn(-c2ccc(Cl)cc2)c1C(F)(F)F.O=C(Nc1cccc(B(O)O)c1)c1cnn(-c2ccc(Cl)cc2)c1C(F)(F)F. The van der Waals surface area contributed by atoms with Gasteiger partial charge in [0.25, 0.3) is 11.1 Å². The fourth-order valence-corrected chi connectivity index (χ4v) is 5.19. The first-order chi connectivity index (χ1) is 26.7. The molecule has 0 saturated heterocycles. The first-order valence-electron chi connectivity index (χ1n) is 15.7. The molecule has 6 rings (SSSR count). The topological polar surface area (TPSA) is 189 Å². The molecule has 0 spiro atoms. The van der Waals surface area contributed by atoms with Crippen LogP contribution >= 0.6 is 34.8 Å². The maximum absolute atomic E-state index is 13.6. The third-order valence-corrected chi connectivity index (χ3v) is 8.03. The molecule has 0 atom stereocenters. The predicted molar refractivity (Wildman–Crippen MR) is 202 cm³/mol. The number of carbonyl (C=O) groups excluding carboxylic acids is 2. The number of nitrogens with one attached hydrogen (secondary N) is 1. The Morgan fingerprint density at radius 2 is 1.07 bits per heavy atom. The second-order valence-corrected chi connectivity index (χ2v) is 12.6. The minimum Gasteiger partial charge on any atom is -0.423 e. The lowest BCUT2D eigenvalue weighted by molar-refractivity contribution is -0.143. The van der Waals surface area contributed by atoms with Crippen molar-refractivity contribution in [3.05, 3.63) is 142 Å². The second kappa shape index (κ2) is 18.7. The van der Waals surface area contributed by atoms with Gasteiger partial charge in [-0.3, -0.25) is 9.59 Å². The van der Waals surface area contributed by atoms with E-state index in [0.29, 0.717) is 30.6 Å². The van der Waals surface area contributed by atoms with Gasteiger partial charge in [-0.1, -0.05) is 47.5 Å². The molecule has 7 N–H and O–H groups in total. The van der Waals surface area contributed by atoms with Gasteiger partial charge in [-0.2, -0.15) is 36.5 Å². The molecule has 1 amide bonds. The normalized spacial score (nSPS) is 11.1. The molecule has 6 aromatic rings. The van der Waals surface area contributed by atoms with E-state index in [-0.39, 0.29) is 22.5 Å². The number of nitrogen functional groups attached to an aromatic ring is 1. The number of nitrogens with two attached hydrogens (primary N) is 1. The molecule has 0 bridgehead atoms. The van der Waals surface area contributed by atoms with Crippen molar-refractivity contribution < 1.29 is 56.0 Å². The Balaban J connectivity index is 0.000000213. The van der Waals surface area contributed by atoms with Gasteiger partial charge in [-0.25, -0.2) is 9.36 Å². The average Bonchev–Trinajstić information content (AvgIpc) is 3.80. The Kier molecular flexibility index (Phi) is 14.6. The zero-order valence-electron chi connectivity index (χ0n) is 28.4. The molecule has 0 aliphatic rings. The van der Waals surface area contributed by atoms with Crippen molar-refractivity contribution in [1.29, 1.82) is 0 Å². The van der Waals surface area contributed by atoms with E-state index >= 15 is 0 Å². The summed E-state index contributed by atoms with van der Waals surface area (Å²) in [5.41, 5.74) is 2.88. The highest BCUT2D eigenvalue weighted by Crippen LogP contribution is 2.35. The highest BCUT2D eigenvalue weighted by molar-refractivity contribution is 6.67. The molecule has 296 valence electrons. The Labute approximate surface area is 333 Å². The summed E-state index contributed by atoms with van der Waals surface area (Å²) in [4.78, 5) is 23.5. The average molecular weight is 856 g/mol. The number of anilines is 2. The molecule has 0 unspecified atom stereocenters. The van der Waals surface area contributed by atoms with Gasteiger partial charge in [-0.05, 0) is 95.3 Å². The van der Waals surface area contributed by atoms with E-state index in [2.05, 4.69) is 15.5 Å². The number of hydrogen-bond acceptors (Lipinski definition) is 9. The fraction of sp³-hybridized carbons (Fsp3) is 0.0588. The largest absolute Gasteiger partial charge is 0.488 e. The minimum atomic E-state index is -4.86. The molecule has 2 aromatic heterocycles. The Bertz CT molecular complexity index is 2330. The first kappa shape index (κ1) is 44.4. The van der Waals surface area contributed by atoms with Gasteiger partial charge in [0, 0.05) is 21.4 Å². The van der Waals surface area contributed by atoms with Crippen molar-refractivity contribution in [2.45, 2.75) is 12.4 Å². The van der Waals surface area contributed by atoms with Gasteiger partial charge in [-0.15, -0.1) is 0 Å². The van der Waals surface area contributed by atoms with Crippen LogP contribution in [0.2, 0.25) is 10.0 Å². The number of aromatic nitrogens is 4. The quantitative estimate of drug-likeness (QED) is 0.0533. The summed E-state index contributed by atoms with van der Waals surface area (Å²) in [5.74, 6) is -1.04. The van der Waals surface area contributed by atoms with E-state index in [1.54, 1.807) is 18.2 Å². The lowest BCUT2D eigenvalue weighted by Gasteiger charge is -2.13. The summed E-state index contributed by atoms with van der Waals surface area (Å²) in [5, 5.41) is 44.7. The van der Waals surface area contributed by atoms with E-state index in [4.69, 9.17) is 50.6 Å². The summed E-state index contributed by atoms with van der Waals surface area (Å²) >= 11 is 16.5. The summed E-state index contributed by atoms with van der Waals surface area (Å²) in [6.07, 6.45) is -8.01. The predicted octanol–water partition coefficient (Wildman–Crippen LogP) is 5.35. The van der Waals surface area contributed by atoms with Gasteiger partial charge in [0.2, 0.25) is 0 Å². The van der Waals surface area contributed by atoms with Crippen molar-refractivity contribution in [2.24, 2.45) is 0 Å². The molecule has 4 aromatic carbocycles. The van der Waals surface area contributed by atoms with Gasteiger partial charge in [0.15, 0.2) is 11.4 Å². The van der Waals surface area contributed by atoms with Gasteiger partial charge >= 0.3 is 26.6 Å². The van der Waals surface area contributed by atoms with E-state index in [0.717, 1.165) is 12.4 Å². The lowest BCUT2D eigenvalue weighted by atomic mass is 9.80. The van der Waals surface area contributed by atoms with Crippen molar-refractivity contribution in [3.63, 3.8) is 0 Å². The number of hydrogen-bond donors (Lipinski definition) is 6. The monoisotopic (exact) mass is 854 g/mol.